The Morgan fingerprint density at radius 1 is 1.10 bits per heavy atom. The van der Waals surface area contributed by atoms with Crippen molar-refractivity contribution in [1.82, 2.24) is 20.0 Å². The standard InChI is InChI=1S/C22H32N4O4/c1-21(2,3)16-5-7-17(8-6-16)22(4)19(29)26(20(30)23-22)15-18(28)25-11-9-24(10-12-25)13-14-27/h5-8,27H,9-15H2,1-4H3,(H,23,30). The van der Waals surface area contributed by atoms with Crippen molar-refractivity contribution >= 4 is 17.8 Å². The van der Waals surface area contributed by atoms with Gasteiger partial charge in [-0.3, -0.25) is 19.4 Å². The van der Waals surface area contributed by atoms with Crippen molar-refractivity contribution < 1.29 is 19.5 Å². The molecule has 0 aromatic heterocycles. The fraction of sp³-hybridized carbons (Fsp3) is 0.591. The number of urea groups is 1. The molecule has 0 spiro atoms. The Hall–Kier alpha value is -2.45. The molecule has 2 N–H and O–H groups in total. The number of nitrogens with one attached hydrogen (secondary N) is 1. The Balaban J connectivity index is 1.68. The molecule has 0 bridgehead atoms. The average Bonchev–Trinajstić information content (AvgIpc) is 2.92. The number of benzene rings is 1. The van der Waals surface area contributed by atoms with Crippen molar-refractivity contribution in [2.75, 3.05) is 45.9 Å². The molecule has 2 heterocycles. The lowest BCUT2D eigenvalue weighted by Gasteiger charge is -2.34. The van der Waals surface area contributed by atoms with Gasteiger partial charge in [0, 0.05) is 32.7 Å². The molecule has 30 heavy (non-hydrogen) atoms. The normalized spacial score (nSPS) is 23.1. The number of imide groups is 1. The Bertz CT molecular complexity index is 809. The van der Waals surface area contributed by atoms with Gasteiger partial charge in [0.1, 0.15) is 12.1 Å². The number of carbonyl (C=O) groups is 3. The van der Waals surface area contributed by atoms with Gasteiger partial charge in [0.05, 0.1) is 6.61 Å². The van der Waals surface area contributed by atoms with E-state index in [1.165, 1.54) is 0 Å². The molecule has 0 saturated carbocycles. The van der Waals surface area contributed by atoms with E-state index < -0.39 is 17.5 Å². The highest BCUT2D eigenvalue weighted by Crippen LogP contribution is 2.31. The van der Waals surface area contributed by atoms with E-state index in [0.29, 0.717) is 38.3 Å². The predicted molar refractivity (Wildman–Crippen MR) is 113 cm³/mol. The molecule has 1 unspecified atom stereocenters. The van der Waals surface area contributed by atoms with Crippen molar-refractivity contribution in [3.05, 3.63) is 35.4 Å². The van der Waals surface area contributed by atoms with Crippen LogP contribution in [0.5, 0.6) is 0 Å². The minimum Gasteiger partial charge on any atom is -0.395 e. The lowest BCUT2D eigenvalue weighted by atomic mass is 9.84. The third-order valence-corrected chi connectivity index (χ3v) is 6.04. The molecule has 4 amide bonds. The first-order valence-corrected chi connectivity index (χ1v) is 10.4. The van der Waals surface area contributed by atoms with Gasteiger partial charge in [-0.05, 0) is 23.5 Å². The molecular weight excluding hydrogens is 384 g/mol. The summed E-state index contributed by atoms with van der Waals surface area (Å²) in [6.07, 6.45) is 0. The van der Waals surface area contributed by atoms with Gasteiger partial charge >= 0.3 is 6.03 Å². The highest BCUT2D eigenvalue weighted by atomic mass is 16.3. The quantitative estimate of drug-likeness (QED) is 0.696. The van der Waals surface area contributed by atoms with Gasteiger partial charge in [-0.2, -0.15) is 0 Å². The van der Waals surface area contributed by atoms with Crippen molar-refractivity contribution in [3.8, 4) is 0 Å². The number of β-amino-alcohol motifs (C(OH)–C–C–N with tert-alkyl or cyclic N) is 1. The molecule has 2 saturated heterocycles. The summed E-state index contributed by atoms with van der Waals surface area (Å²) in [5, 5.41) is 11.8. The van der Waals surface area contributed by atoms with Crippen LogP contribution in [0.1, 0.15) is 38.8 Å². The van der Waals surface area contributed by atoms with E-state index in [0.717, 1.165) is 10.5 Å². The number of carbonyl (C=O) groups excluding carboxylic acids is 3. The van der Waals surface area contributed by atoms with E-state index in [-0.39, 0.29) is 24.5 Å². The topological polar surface area (TPSA) is 93.2 Å². The zero-order valence-corrected chi connectivity index (χ0v) is 18.3. The molecule has 0 radical (unpaired) electrons. The first-order valence-electron chi connectivity index (χ1n) is 10.4. The van der Waals surface area contributed by atoms with Crippen molar-refractivity contribution in [1.29, 1.82) is 0 Å². The summed E-state index contributed by atoms with van der Waals surface area (Å²) in [5.41, 5.74) is 0.635. The third-order valence-electron chi connectivity index (χ3n) is 6.04. The van der Waals surface area contributed by atoms with Crippen LogP contribution in [0.15, 0.2) is 24.3 Å². The van der Waals surface area contributed by atoms with E-state index in [9.17, 15) is 14.4 Å². The second kappa shape index (κ2) is 8.35. The first-order chi connectivity index (χ1) is 14.1. The van der Waals surface area contributed by atoms with Crippen LogP contribution in [0.3, 0.4) is 0 Å². The van der Waals surface area contributed by atoms with E-state index in [1.807, 2.05) is 24.3 Å². The predicted octanol–water partition coefficient (Wildman–Crippen LogP) is 0.888. The van der Waals surface area contributed by atoms with Crippen LogP contribution in [-0.4, -0.2) is 83.5 Å². The molecule has 164 valence electrons. The molecular formula is C22H32N4O4. The molecule has 8 nitrogen and oxygen atoms in total. The minimum atomic E-state index is -1.19. The highest BCUT2D eigenvalue weighted by molar-refractivity contribution is 6.09. The Labute approximate surface area is 177 Å². The fourth-order valence-electron chi connectivity index (χ4n) is 3.94. The zero-order valence-electron chi connectivity index (χ0n) is 18.3. The monoisotopic (exact) mass is 416 g/mol. The third kappa shape index (κ3) is 4.34. The lowest BCUT2D eigenvalue weighted by molar-refractivity contribution is -0.139. The molecule has 0 aliphatic carbocycles. The number of hydrogen-bond acceptors (Lipinski definition) is 5. The van der Waals surface area contributed by atoms with E-state index >= 15 is 0 Å². The molecule has 8 heteroatoms. The zero-order chi connectivity index (χ0) is 22.1. The van der Waals surface area contributed by atoms with Crippen LogP contribution in [0, 0.1) is 0 Å². The van der Waals surface area contributed by atoms with Gasteiger partial charge in [-0.1, -0.05) is 45.0 Å². The number of rotatable bonds is 5. The summed E-state index contributed by atoms with van der Waals surface area (Å²) in [4.78, 5) is 43.1. The maximum absolute atomic E-state index is 13.1. The van der Waals surface area contributed by atoms with E-state index in [4.69, 9.17) is 5.11 Å². The summed E-state index contributed by atoms with van der Waals surface area (Å²) < 4.78 is 0. The summed E-state index contributed by atoms with van der Waals surface area (Å²) >= 11 is 0. The van der Waals surface area contributed by atoms with Crippen molar-refractivity contribution in [3.63, 3.8) is 0 Å². The Morgan fingerprint density at radius 2 is 1.70 bits per heavy atom. The smallest absolute Gasteiger partial charge is 0.325 e. The minimum absolute atomic E-state index is 0.0119. The van der Waals surface area contributed by atoms with Gasteiger partial charge in [-0.15, -0.1) is 0 Å². The van der Waals surface area contributed by atoms with E-state index in [1.54, 1.807) is 11.8 Å². The summed E-state index contributed by atoms with van der Waals surface area (Å²) in [6, 6.07) is 7.13. The maximum Gasteiger partial charge on any atom is 0.325 e. The number of aliphatic hydroxyl groups excluding tert-OH is 1. The molecule has 2 aliphatic rings. The Morgan fingerprint density at radius 3 is 2.23 bits per heavy atom. The summed E-state index contributed by atoms with van der Waals surface area (Å²) in [6.45, 7) is 10.8. The molecule has 1 aromatic rings. The largest absolute Gasteiger partial charge is 0.395 e. The van der Waals surface area contributed by atoms with Crippen LogP contribution in [0.4, 0.5) is 4.79 Å². The van der Waals surface area contributed by atoms with Crippen molar-refractivity contribution in [2.45, 2.75) is 38.6 Å². The number of nitrogens with zero attached hydrogens (tertiary/aromatic N) is 3. The van der Waals surface area contributed by atoms with Crippen LogP contribution in [0.2, 0.25) is 0 Å². The molecule has 3 rings (SSSR count). The van der Waals surface area contributed by atoms with Gasteiger partial charge in [-0.25, -0.2) is 4.79 Å². The summed E-state index contributed by atoms with van der Waals surface area (Å²) in [7, 11) is 0. The molecule has 1 aromatic carbocycles. The SMILES string of the molecule is CC(C)(C)c1ccc(C2(C)NC(=O)N(CC(=O)N3CCN(CCO)CC3)C2=O)cc1. The number of amides is 4. The molecule has 2 aliphatic heterocycles. The molecule has 2 fully saturated rings. The van der Waals surface area contributed by atoms with Gasteiger partial charge in [0.2, 0.25) is 5.91 Å². The van der Waals surface area contributed by atoms with Crippen LogP contribution >= 0.6 is 0 Å². The Kier molecular flexibility index (Phi) is 6.19. The van der Waals surface area contributed by atoms with Crippen LogP contribution in [-0.2, 0) is 20.5 Å². The highest BCUT2D eigenvalue weighted by Gasteiger charge is 2.49. The lowest BCUT2D eigenvalue weighted by Crippen LogP contribution is -2.52. The maximum atomic E-state index is 13.1. The van der Waals surface area contributed by atoms with E-state index in [2.05, 4.69) is 31.0 Å². The second-order valence-corrected chi connectivity index (χ2v) is 9.22. The van der Waals surface area contributed by atoms with Crippen molar-refractivity contribution in [2.24, 2.45) is 0 Å². The van der Waals surface area contributed by atoms with Crippen LogP contribution in [0.25, 0.3) is 0 Å². The number of hydrogen-bond donors (Lipinski definition) is 2. The number of aliphatic hydroxyl groups is 1. The molecule has 1 atom stereocenters. The van der Waals surface area contributed by atoms with Crippen LogP contribution < -0.4 is 5.32 Å². The average molecular weight is 417 g/mol. The first kappa shape index (κ1) is 22.2. The number of piperazine rings is 1. The fourth-order valence-corrected chi connectivity index (χ4v) is 3.94. The van der Waals surface area contributed by atoms with Gasteiger partial charge < -0.3 is 15.3 Å². The second-order valence-electron chi connectivity index (χ2n) is 9.22. The summed E-state index contributed by atoms with van der Waals surface area (Å²) in [5.74, 6) is -0.655. The van der Waals surface area contributed by atoms with Gasteiger partial charge in [0.15, 0.2) is 0 Å². The van der Waals surface area contributed by atoms with Gasteiger partial charge in [0.25, 0.3) is 5.91 Å².